The van der Waals surface area contributed by atoms with Gasteiger partial charge in [-0.05, 0) is 12.1 Å². The first-order valence-corrected chi connectivity index (χ1v) is 4.09. The van der Waals surface area contributed by atoms with E-state index < -0.39 is 0 Å². The summed E-state index contributed by atoms with van der Waals surface area (Å²) in [6.07, 6.45) is 1.49. The van der Waals surface area contributed by atoms with Crippen LogP contribution in [0.15, 0.2) is 29.4 Å². The van der Waals surface area contributed by atoms with Crippen molar-refractivity contribution in [3.63, 3.8) is 0 Å². The number of rotatable bonds is 1. The highest BCUT2D eigenvalue weighted by atomic mass is 32.2. The second-order valence-electron chi connectivity index (χ2n) is 2.17. The molecule has 1 aromatic carbocycles. The van der Waals surface area contributed by atoms with Crippen molar-refractivity contribution in [3.8, 4) is 0 Å². The van der Waals surface area contributed by atoms with Crippen LogP contribution in [0.5, 0.6) is 0 Å². The Labute approximate surface area is 73.5 Å². The predicted molar refractivity (Wildman–Crippen MR) is 48.3 cm³/mol. The Bertz CT molecular complexity index is 348. The normalized spacial score (nSPS) is 13.2. The molecule has 1 aliphatic rings. The van der Waals surface area contributed by atoms with Crippen LogP contribution in [0.3, 0.4) is 0 Å². The Hall–Kier alpha value is -1.45. The van der Waals surface area contributed by atoms with Crippen molar-refractivity contribution in [2.75, 3.05) is 9.14 Å². The van der Waals surface area contributed by atoms with E-state index in [1.165, 1.54) is 22.6 Å². The monoisotopic (exact) mass is 179 g/mol. The van der Waals surface area contributed by atoms with E-state index in [0.717, 1.165) is 11.4 Å². The highest BCUT2D eigenvalue weighted by Gasteiger charge is 2.18. The van der Waals surface area contributed by atoms with Gasteiger partial charge in [0.25, 0.3) is 6.08 Å². The Balaban J connectivity index is 2.42. The third-order valence-electron chi connectivity index (χ3n) is 1.48. The summed E-state index contributed by atoms with van der Waals surface area (Å²) < 4.78 is 4.49. The number of hydrogen-bond donors (Lipinski definition) is 1. The second kappa shape index (κ2) is 2.89. The van der Waals surface area contributed by atoms with Gasteiger partial charge in [0, 0.05) is 0 Å². The molecule has 0 spiro atoms. The predicted octanol–water partition coefficient (Wildman–Crippen LogP) is 1.73. The average Bonchev–Trinajstić information content (AvgIpc) is 2.50. The van der Waals surface area contributed by atoms with Gasteiger partial charge in [-0.15, -0.1) is 0 Å². The lowest BCUT2D eigenvalue weighted by molar-refractivity contribution is 0.563. The van der Waals surface area contributed by atoms with Crippen molar-refractivity contribution in [2.24, 2.45) is 5.10 Å². The van der Waals surface area contributed by atoms with Crippen LogP contribution < -0.4 is 9.14 Å². The molecule has 0 saturated heterocycles. The standard InChI is InChI=1S/C7H5N3OS/c11-5-8-10-7-4-2-1-3-6(7)9-12-10/h1-4,9H. The molecular weight excluding hydrogens is 174 g/mol. The van der Waals surface area contributed by atoms with Crippen molar-refractivity contribution in [1.82, 2.24) is 0 Å². The van der Waals surface area contributed by atoms with E-state index in [1.807, 2.05) is 24.3 Å². The number of hydrazone groups is 1. The quantitative estimate of drug-likeness (QED) is 0.405. The molecule has 1 aliphatic heterocycles. The van der Waals surface area contributed by atoms with E-state index in [0.29, 0.717) is 0 Å². The molecule has 0 bridgehead atoms. The second-order valence-corrected chi connectivity index (χ2v) is 2.91. The van der Waals surface area contributed by atoms with Crippen LogP contribution in [0.2, 0.25) is 0 Å². The molecule has 0 atom stereocenters. The van der Waals surface area contributed by atoms with E-state index >= 15 is 0 Å². The summed E-state index contributed by atoms with van der Waals surface area (Å²) >= 11 is 1.25. The van der Waals surface area contributed by atoms with Gasteiger partial charge in [0.2, 0.25) is 0 Å². The van der Waals surface area contributed by atoms with Gasteiger partial charge in [-0.3, -0.25) is 0 Å². The molecule has 0 fully saturated rings. The van der Waals surface area contributed by atoms with E-state index in [4.69, 9.17) is 0 Å². The molecule has 60 valence electrons. The zero-order valence-corrected chi connectivity index (χ0v) is 6.84. The molecule has 4 nitrogen and oxygen atoms in total. The summed E-state index contributed by atoms with van der Waals surface area (Å²) in [7, 11) is 0. The number of benzene rings is 1. The number of fused-ring (bicyclic) bond motifs is 1. The molecule has 1 N–H and O–H groups in total. The first kappa shape index (κ1) is 7.21. The van der Waals surface area contributed by atoms with Gasteiger partial charge >= 0.3 is 0 Å². The zero-order valence-electron chi connectivity index (χ0n) is 6.02. The minimum atomic E-state index is 0.880. The molecular formula is C7H5N3OS. The van der Waals surface area contributed by atoms with Crippen molar-refractivity contribution >= 4 is 29.6 Å². The smallest absolute Gasteiger partial charge is 0.259 e. The van der Waals surface area contributed by atoms with Crippen LogP contribution >= 0.6 is 12.1 Å². The summed E-state index contributed by atoms with van der Waals surface area (Å²) in [5.41, 5.74) is 1.84. The molecule has 2 rings (SSSR count). The number of nitrogens with zero attached hydrogens (tertiary/aromatic N) is 2. The molecule has 0 amide bonds. The first-order valence-electron chi connectivity index (χ1n) is 3.32. The topological polar surface area (TPSA) is 44.7 Å². The van der Waals surface area contributed by atoms with Gasteiger partial charge in [-0.2, -0.15) is 4.41 Å². The summed E-state index contributed by atoms with van der Waals surface area (Å²) in [5, 5.41) is 3.49. The summed E-state index contributed by atoms with van der Waals surface area (Å²) in [6.45, 7) is 0. The molecule has 1 heterocycles. The highest BCUT2D eigenvalue weighted by Crippen LogP contribution is 2.38. The molecule has 5 heteroatoms. The van der Waals surface area contributed by atoms with Gasteiger partial charge in [0.1, 0.15) is 0 Å². The molecule has 0 aromatic heterocycles. The molecule has 1 aromatic rings. The van der Waals surface area contributed by atoms with Crippen LogP contribution in [-0.4, -0.2) is 6.08 Å². The maximum atomic E-state index is 10.00. The lowest BCUT2D eigenvalue weighted by Crippen LogP contribution is -1.99. The summed E-state index contributed by atoms with van der Waals surface area (Å²) in [6, 6.07) is 7.60. The van der Waals surface area contributed by atoms with E-state index in [-0.39, 0.29) is 0 Å². The third kappa shape index (κ3) is 1.05. The fourth-order valence-corrected chi connectivity index (χ4v) is 1.67. The van der Waals surface area contributed by atoms with Crippen molar-refractivity contribution in [3.05, 3.63) is 24.3 Å². The number of nitrogens with one attached hydrogen (secondary N) is 1. The van der Waals surface area contributed by atoms with Crippen LogP contribution in [0.25, 0.3) is 0 Å². The van der Waals surface area contributed by atoms with Crippen molar-refractivity contribution < 1.29 is 4.79 Å². The maximum absolute atomic E-state index is 10.00. The fraction of sp³-hybridized carbons (Fsp3) is 0. The highest BCUT2D eigenvalue weighted by molar-refractivity contribution is 8.02. The van der Waals surface area contributed by atoms with Gasteiger partial charge in [0.05, 0.1) is 23.5 Å². The summed E-state index contributed by atoms with van der Waals surface area (Å²) in [5.74, 6) is 0. The minimum absolute atomic E-state index is 0.880. The van der Waals surface area contributed by atoms with Crippen molar-refractivity contribution in [2.45, 2.75) is 0 Å². The minimum Gasteiger partial charge on any atom is -0.308 e. The molecule has 0 radical (unpaired) electrons. The number of isocyanates is 1. The van der Waals surface area contributed by atoms with Crippen LogP contribution in [0, 0.1) is 0 Å². The first-order chi connectivity index (χ1) is 5.92. The third-order valence-corrected chi connectivity index (χ3v) is 2.25. The van der Waals surface area contributed by atoms with Crippen LogP contribution in [-0.2, 0) is 4.79 Å². The molecule has 0 saturated carbocycles. The van der Waals surface area contributed by atoms with Crippen molar-refractivity contribution in [1.29, 1.82) is 0 Å². The number of carbonyl (C=O) groups excluding carboxylic acids is 1. The Kier molecular flexibility index (Phi) is 1.74. The molecule has 0 aliphatic carbocycles. The van der Waals surface area contributed by atoms with Gasteiger partial charge in [-0.1, -0.05) is 17.2 Å². The Morgan fingerprint density at radius 3 is 3.17 bits per heavy atom. The van der Waals surface area contributed by atoms with Gasteiger partial charge in [-0.25, -0.2) is 4.79 Å². The van der Waals surface area contributed by atoms with E-state index in [1.54, 1.807) is 0 Å². The summed E-state index contributed by atoms with van der Waals surface area (Å²) in [4.78, 5) is 10.00. The van der Waals surface area contributed by atoms with E-state index in [2.05, 4.69) is 9.82 Å². The molecule has 12 heavy (non-hydrogen) atoms. The van der Waals surface area contributed by atoms with Crippen LogP contribution in [0.4, 0.5) is 11.4 Å². The lowest BCUT2D eigenvalue weighted by Gasteiger charge is -2.03. The maximum Gasteiger partial charge on any atom is 0.259 e. The number of anilines is 2. The van der Waals surface area contributed by atoms with Crippen LogP contribution in [0.1, 0.15) is 0 Å². The Morgan fingerprint density at radius 2 is 2.33 bits per heavy atom. The number of para-hydroxylation sites is 2. The Morgan fingerprint density at radius 1 is 1.50 bits per heavy atom. The molecule has 0 unspecified atom stereocenters. The van der Waals surface area contributed by atoms with Gasteiger partial charge < -0.3 is 4.72 Å². The number of hydrogen-bond acceptors (Lipinski definition) is 5. The van der Waals surface area contributed by atoms with Gasteiger partial charge in [0.15, 0.2) is 0 Å². The average molecular weight is 179 g/mol. The largest absolute Gasteiger partial charge is 0.308 e. The fourth-order valence-electron chi connectivity index (χ4n) is 0.980. The zero-order chi connectivity index (χ0) is 8.39. The SMILES string of the molecule is O=C=NN1SNc2ccccc21. The van der Waals surface area contributed by atoms with E-state index in [9.17, 15) is 4.79 Å². The lowest BCUT2D eigenvalue weighted by atomic mass is 10.3.